The van der Waals surface area contributed by atoms with Gasteiger partial charge in [0.2, 0.25) is 0 Å². The van der Waals surface area contributed by atoms with E-state index in [1.807, 2.05) is 13.0 Å². The van der Waals surface area contributed by atoms with Crippen LogP contribution >= 0.6 is 15.9 Å². The predicted octanol–water partition coefficient (Wildman–Crippen LogP) is 2.76. The highest BCUT2D eigenvalue weighted by Crippen LogP contribution is 2.52. The molecule has 16 heavy (non-hydrogen) atoms. The van der Waals surface area contributed by atoms with Crippen molar-refractivity contribution in [3.63, 3.8) is 0 Å². The van der Waals surface area contributed by atoms with Crippen LogP contribution in [-0.2, 0) is 5.60 Å². The lowest BCUT2D eigenvalue weighted by molar-refractivity contribution is 0.149. The molecule has 1 saturated carbocycles. The number of hydrogen-bond acceptors (Lipinski definition) is 3. The zero-order valence-electron chi connectivity index (χ0n) is 9.63. The largest absolute Gasteiger partial charge is 0.493 e. The van der Waals surface area contributed by atoms with Gasteiger partial charge >= 0.3 is 0 Å². The second-order valence-corrected chi connectivity index (χ2v) is 4.98. The van der Waals surface area contributed by atoms with E-state index in [2.05, 4.69) is 15.9 Å². The third-order valence-corrected chi connectivity index (χ3v) is 3.67. The highest BCUT2D eigenvalue weighted by molar-refractivity contribution is 9.10. The first kappa shape index (κ1) is 11.7. The fourth-order valence-corrected chi connectivity index (χ4v) is 2.95. The van der Waals surface area contributed by atoms with E-state index >= 15 is 0 Å². The molecule has 1 fully saturated rings. The maximum Gasteiger partial charge on any atom is 0.164 e. The number of aliphatic hydroxyl groups is 1. The Bertz CT molecular complexity index is 425. The molecule has 1 aromatic carbocycles. The third kappa shape index (κ3) is 1.70. The minimum Gasteiger partial charge on any atom is -0.493 e. The fourth-order valence-electron chi connectivity index (χ4n) is 2.08. The van der Waals surface area contributed by atoms with Gasteiger partial charge in [-0.25, -0.2) is 0 Å². The molecule has 88 valence electrons. The van der Waals surface area contributed by atoms with Crippen LogP contribution in [0, 0.1) is 6.92 Å². The molecule has 1 aliphatic carbocycles. The first-order valence-electron chi connectivity index (χ1n) is 5.17. The monoisotopic (exact) mass is 286 g/mol. The summed E-state index contributed by atoms with van der Waals surface area (Å²) in [5, 5.41) is 10.2. The molecule has 0 saturated heterocycles. The molecule has 2 rings (SSSR count). The third-order valence-electron chi connectivity index (χ3n) is 3.05. The second-order valence-electron chi connectivity index (χ2n) is 4.13. The van der Waals surface area contributed by atoms with Crippen LogP contribution in [0.25, 0.3) is 0 Å². The molecule has 0 unspecified atom stereocenters. The molecule has 0 aromatic heterocycles. The highest BCUT2D eigenvalue weighted by atomic mass is 79.9. The summed E-state index contributed by atoms with van der Waals surface area (Å²) < 4.78 is 11.5. The van der Waals surface area contributed by atoms with Crippen LogP contribution in [0.15, 0.2) is 10.5 Å². The molecule has 0 aliphatic heterocycles. The Morgan fingerprint density at radius 2 is 1.94 bits per heavy atom. The lowest BCUT2D eigenvalue weighted by Crippen LogP contribution is -2.09. The SMILES string of the molecule is COc1cc(Br)c(C2(O)CC2)c(C)c1OC. The summed E-state index contributed by atoms with van der Waals surface area (Å²) in [4.78, 5) is 0. The van der Waals surface area contributed by atoms with Gasteiger partial charge in [0.05, 0.1) is 19.8 Å². The van der Waals surface area contributed by atoms with Gasteiger partial charge in [-0.3, -0.25) is 0 Å². The van der Waals surface area contributed by atoms with Crippen molar-refractivity contribution in [3.05, 3.63) is 21.7 Å². The summed E-state index contributed by atoms with van der Waals surface area (Å²) in [6.07, 6.45) is 1.61. The second kappa shape index (κ2) is 3.93. The number of rotatable bonds is 3. The van der Waals surface area contributed by atoms with Gasteiger partial charge in [-0.05, 0) is 25.8 Å². The van der Waals surface area contributed by atoms with E-state index in [-0.39, 0.29) is 0 Å². The summed E-state index contributed by atoms with van der Waals surface area (Å²) in [5.74, 6) is 1.38. The van der Waals surface area contributed by atoms with Crippen molar-refractivity contribution in [3.8, 4) is 11.5 Å². The molecule has 4 heteroatoms. The molecule has 3 nitrogen and oxygen atoms in total. The molecule has 0 amide bonds. The minimum atomic E-state index is -0.678. The topological polar surface area (TPSA) is 38.7 Å². The van der Waals surface area contributed by atoms with Crippen LogP contribution in [0.2, 0.25) is 0 Å². The van der Waals surface area contributed by atoms with Crippen LogP contribution < -0.4 is 9.47 Å². The molecule has 1 aliphatic rings. The molecular formula is C12H15BrO3. The molecule has 0 spiro atoms. The quantitative estimate of drug-likeness (QED) is 0.929. The Balaban J connectivity index is 2.62. The summed E-state index contributed by atoms with van der Waals surface area (Å²) >= 11 is 3.48. The lowest BCUT2D eigenvalue weighted by atomic mass is 10.0. The number of halogens is 1. The van der Waals surface area contributed by atoms with Gasteiger partial charge in [-0.15, -0.1) is 0 Å². The van der Waals surface area contributed by atoms with Crippen LogP contribution in [0.3, 0.4) is 0 Å². The summed E-state index contributed by atoms with van der Waals surface area (Å²) in [7, 11) is 3.22. The van der Waals surface area contributed by atoms with Crippen LogP contribution in [0.4, 0.5) is 0 Å². The normalized spacial score (nSPS) is 17.1. The molecule has 1 N–H and O–H groups in total. The lowest BCUT2D eigenvalue weighted by Gasteiger charge is -2.19. The zero-order valence-corrected chi connectivity index (χ0v) is 11.2. The summed E-state index contributed by atoms with van der Waals surface area (Å²) in [5.41, 5.74) is 1.18. The van der Waals surface area contributed by atoms with Gasteiger partial charge in [0.1, 0.15) is 0 Å². The van der Waals surface area contributed by atoms with E-state index in [1.54, 1.807) is 14.2 Å². The van der Waals surface area contributed by atoms with E-state index in [9.17, 15) is 5.11 Å². The van der Waals surface area contributed by atoms with Gasteiger partial charge < -0.3 is 14.6 Å². The number of ether oxygens (including phenoxy) is 2. The minimum absolute atomic E-state index is 0.678. The summed E-state index contributed by atoms with van der Waals surface area (Å²) in [6, 6.07) is 1.84. The van der Waals surface area contributed by atoms with Crippen molar-refractivity contribution in [2.45, 2.75) is 25.4 Å². The van der Waals surface area contributed by atoms with Crippen molar-refractivity contribution in [2.24, 2.45) is 0 Å². The first-order valence-corrected chi connectivity index (χ1v) is 5.96. The van der Waals surface area contributed by atoms with E-state index in [4.69, 9.17) is 9.47 Å². The van der Waals surface area contributed by atoms with Gasteiger partial charge in [0.15, 0.2) is 11.5 Å². The standard InChI is InChI=1S/C12H15BrO3/c1-7-10(12(14)4-5-12)8(13)6-9(15-2)11(7)16-3/h6,14H,4-5H2,1-3H3. The molecule has 0 radical (unpaired) electrons. The Kier molecular flexibility index (Phi) is 2.88. The number of hydrogen-bond donors (Lipinski definition) is 1. The molecule has 0 heterocycles. The maximum absolute atomic E-state index is 10.2. The molecule has 1 aromatic rings. The predicted molar refractivity (Wildman–Crippen MR) is 65.1 cm³/mol. The summed E-state index contributed by atoms with van der Waals surface area (Å²) in [6.45, 7) is 1.94. The van der Waals surface area contributed by atoms with E-state index in [0.29, 0.717) is 11.5 Å². The van der Waals surface area contributed by atoms with Crippen LogP contribution in [0.5, 0.6) is 11.5 Å². The smallest absolute Gasteiger partial charge is 0.164 e. The van der Waals surface area contributed by atoms with Crippen molar-refractivity contribution < 1.29 is 14.6 Å². The first-order chi connectivity index (χ1) is 7.53. The highest BCUT2D eigenvalue weighted by Gasteiger charge is 2.45. The van der Waals surface area contributed by atoms with Gasteiger partial charge in [-0.1, -0.05) is 15.9 Å². The average Bonchev–Trinajstić information content (AvgIpc) is 2.96. The zero-order chi connectivity index (χ0) is 11.9. The van der Waals surface area contributed by atoms with E-state index in [0.717, 1.165) is 28.4 Å². The van der Waals surface area contributed by atoms with Crippen molar-refractivity contribution >= 4 is 15.9 Å². The maximum atomic E-state index is 10.2. The Hall–Kier alpha value is -0.740. The van der Waals surface area contributed by atoms with Crippen molar-refractivity contribution in [2.75, 3.05) is 14.2 Å². The van der Waals surface area contributed by atoms with E-state index < -0.39 is 5.60 Å². The van der Waals surface area contributed by atoms with Gasteiger partial charge in [0, 0.05) is 15.6 Å². The Morgan fingerprint density at radius 3 is 2.38 bits per heavy atom. The van der Waals surface area contributed by atoms with Gasteiger partial charge in [0.25, 0.3) is 0 Å². The van der Waals surface area contributed by atoms with Crippen molar-refractivity contribution in [1.29, 1.82) is 0 Å². The fraction of sp³-hybridized carbons (Fsp3) is 0.500. The molecule has 0 bridgehead atoms. The van der Waals surface area contributed by atoms with Crippen LogP contribution in [-0.4, -0.2) is 19.3 Å². The Labute approximate surface area is 104 Å². The van der Waals surface area contributed by atoms with Crippen LogP contribution in [0.1, 0.15) is 24.0 Å². The van der Waals surface area contributed by atoms with Gasteiger partial charge in [-0.2, -0.15) is 0 Å². The number of methoxy groups -OCH3 is 2. The van der Waals surface area contributed by atoms with E-state index in [1.165, 1.54) is 0 Å². The average molecular weight is 287 g/mol. The van der Waals surface area contributed by atoms with Crippen molar-refractivity contribution in [1.82, 2.24) is 0 Å². The molecule has 0 atom stereocenters. The Morgan fingerprint density at radius 1 is 1.31 bits per heavy atom. The molecular weight excluding hydrogens is 272 g/mol. The number of benzene rings is 1.